The number of nitrogens with zero attached hydrogens (tertiary/aromatic N) is 1. The Kier molecular flexibility index (Phi) is 4.65. The molecule has 0 spiro atoms. The molecule has 0 aromatic heterocycles. The molecule has 17 heavy (non-hydrogen) atoms. The number of hydrogen-bond donors (Lipinski definition) is 1. The van der Waals surface area contributed by atoms with E-state index in [-0.39, 0.29) is 18.2 Å². The summed E-state index contributed by atoms with van der Waals surface area (Å²) < 4.78 is 24.6. The van der Waals surface area contributed by atoms with Crippen molar-refractivity contribution < 1.29 is 13.2 Å². The second kappa shape index (κ2) is 5.79. The Labute approximate surface area is 101 Å². The first-order valence-electron chi connectivity index (χ1n) is 5.25. The molecular formula is C11H16N2O3S. The molecule has 0 radical (unpaired) electrons. The highest BCUT2D eigenvalue weighted by molar-refractivity contribution is 7.89. The Morgan fingerprint density at radius 2 is 1.88 bits per heavy atom. The summed E-state index contributed by atoms with van der Waals surface area (Å²) in [4.78, 5) is 13.1. The summed E-state index contributed by atoms with van der Waals surface area (Å²) in [5, 5.41) is 0. The topological polar surface area (TPSA) is 66.5 Å². The zero-order valence-corrected chi connectivity index (χ0v) is 10.7. The van der Waals surface area contributed by atoms with Gasteiger partial charge in [0, 0.05) is 12.7 Å². The first-order valence-corrected chi connectivity index (χ1v) is 6.90. The van der Waals surface area contributed by atoms with E-state index in [0.717, 1.165) is 5.69 Å². The number of amides is 1. The van der Waals surface area contributed by atoms with E-state index in [9.17, 15) is 13.2 Å². The molecule has 5 nitrogen and oxygen atoms in total. The molecule has 1 aromatic rings. The summed E-state index contributed by atoms with van der Waals surface area (Å²) >= 11 is 0. The third kappa shape index (κ3) is 4.16. The van der Waals surface area contributed by atoms with Gasteiger partial charge in [-0.1, -0.05) is 18.2 Å². The predicted octanol–water partition coefficient (Wildman–Crippen LogP) is 0.589. The average Bonchev–Trinajstić information content (AvgIpc) is 2.36. The molecule has 0 atom stereocenters. The number of likely N-dealkylation sites (N-methyl/N-ethyl adjacent to an activating group) is 1. The largest absolute Gasteiger partial charge is 0.314 e. The molecule has 0 bridgehead atoms. The van der Waals surface area contributed by atoms with Crippen LogP contribution in [0.15, 0.2) is 30.3 Å². The molecule has 94 valence electrons. The quantitative estimate of drug-likeness (QED) is 0.838. The molecule has 0 aliphatic rings. The van der Waals surface area contributed by atoms with Gasteiger partial charge in [0.2, 0.25) is 15.9 Å². The minimum atomic E-state index is -3.33. The fourth-order valence-corrected chi connectivity index (χ4v) is 1.74. The summed E-state index contributed by atoms with van der Waals surface area (Å²) in [6.07, 6.45) is 0. The third-order valence-electron chi connectivity index (χ3n) is 2.34. The molecular weight excluding hydrogens is 240 g/mol. The molecule has 6 heteroatoms. The smallest absolute Gasteiger partial charge is 0.241 e. The van der Waals surface area contributed by atoms with Gasteiger partial charge in [-0.15, -0.1) is 0 Å². The van der Waals surface area contributed by atoms with E-state index in [1.807, 2.05) is 18.2 Å². The van der Waals surface area contributed by atoms with Gasteiger partial charge in [-0.25, -0.2) is 13.1 Å². The normalized spacial score (nSPS) is 11.2. The van der Waals surface area contributed by atoms with Crippen LogP contribution >= 0.6 is 0 Å². The third-order valence-corrected chi connectivity index (χ3v) is 3.69. The number of rotatable bonds is 5. The zero-order valence-electron chi connectivity index (χ0n) is 9.88. The molecule has 1 N–H and O–H groups in total. The highest BCUT2D eigenvalue weighted by Gasteiger charge is 2.13. The molecule has 0 fully saturated rings. The van der Waals surface area contributed by atoms with Crippen LogP contribution in [-0.2, 0) is 14.8 Å². The maximum Gasteiger partial charge on any atom is 0.241 e. The monoisotopic (exact) mass is 256 g/mol. The van der Waals surface area contributed by atoms with Crippen molar-refractivity contribution in [2.45, 2.75) is 6.92 Å². The van der Waals surface area contributed by atoms with Gasteiger partial charge in [-0.05, 0) is 19.1 Å². The number of benzene rings is 1. The number of nitrogens with one attached hydrogen (secondary N) is 1. The highest BCUT2D eigenvalue weighted by atomic mass is 32.2. The number of para-hydroxylation sites is 1. The number of hydrogen-bond acceptors (Lipinski definition) is 3. The van der Waals surface area contributed by atoms with Gasteiger partial charge in [0.05, 0.1) is 12.3 Å². The Bertz CT molecular complexity index is 471. The van der Waals surface area contributed by atoms with Gasteiger partial charge in [0.15, 0.2) is 0 Å². The lowest BCUT2D eigenvalue weighted by Gasteiger charge is -2.17. The average molecular weight is 256 g/mol. The molecule has 1 aromatic carbocycles. The van der Waals surface area contributed by atoms with Gasteiger partial charge in [0.1, 0.15) is 0 Å². The summed E-state index contributed by atoms with van der Waals surface area (Å²) in [5.74, 6) is -0.330. The van der Waals surface area contributed by atoms with Crippen LogP contribution in [-0.4, -0.2) is 33.7 Å². The first kappa shape index (κ1) is 13.7. The van der Waals surface area contributed by atoms with E-state index in [0.29, 0.717) is 0 Å². The van der Waals surface area contributed by atoms with Crippen molar-refractivity contribution in [3.63, 3.8) is 0 Å². The number of carbonyl (C=O) groups is 1. The number of anilines is 1. The maximum absolute atomic E-state index is 11.7. The number of sulfonamides is 1. The van der Waals surface area contributed by atoms with Crippen LogP contribution in [0.5, 0.6) is 0 Å². The second-order valence-corrected chi connectivity index (χ2v) is 5.61. The van der Waals surface area contributed by atoms with Crippen LogP contribution < -0.4 is 9.62 Å². The Morgan fingerprint density at radius 3 is 2.41 bits per heavy atom. The van der Waals surface area contributed by atoms with Crippen molar-refractivity contribution in [2.75, 3.05) is 24.2 Å². The lowest BCUT2D eigenvalue weighted by atomic mass is 10.3. The summed E-state index contributed by atoms with van der Waals surface area (Å²) in [7, 11) is -1.72. The van der Waals surface area contributed by atoms with E-state index in [1.54, 1.807) is 19.2 Å². The van der Waals surface area contributed by atoms with Crippen molar-refractivity contribution >= 4 is 21.6 Å². The zero-order chi connectivity index (χ0) is 12.9. The predicted molar refractivity (Wildman–Crippen MR) is 67.3 cm³/mol. The Hall–Kier alpha value is -1.40. The Balaban J connectivity index is 2.60. The molecule has 0 heterocycles. The fourth-order valence-electron chi connectivity index (χ4n) is 1.19. The van der Waals surface area contributed by atoms with E-state index < -0.39 is 10.0 Å². The van der Waals surface area contributed by atoms with Crippen LogP contribution in [0.25, 0.3) is 0 Å². The van der Waals surface area contributed by atoms with Crippen LogP contribution in [0.1, 0.15) is 6.92 Å². The minimum Gasteiger partial charge on any atom is -0.314 e. The summed E-state index contributed by atoms with van der Waals surface area (Å²) in [5.41, 5.74) is 0.730. The van der Waals surface area contributed by atoms with Crippen molar-refractivity contribution in [3.05, 3.63) is 30.3 Å². The van der Waals surface area contributed by atoms with Crippen molar-refractivity contribution in [1.29, 1.82) is 0 Å². The van der Waals surface area contributed by atoms with E-state index in [1.165, 1.54) is 11.8 Å². The van der Waals surface area contributed by atoms with Crippen molar-refractivity contribution in [1.82, 2.24) is 4.72 Å². The second-order valence-electron chi connectivity index (χ2n) is 3.51. The van der Waals surface area contributed by atoms with Crippen LogP contribution in [0.2, 0.25) is 0 Å². The number of carbonyl (C=O) groups excluding carboxylic acids is 1. The lowest BCUT2D eigenvalue weighted by molar-refractivity contribution is -0.117. The lowest BCUT2D eigenvalue weighted by Crippen LogP contribution is -2.38. The molecule has 0 unspecified atom stereocenters. The summed E-state index contributed by atoms with van der Waals surface area (Å²) in [6.45, 7) is 1.30. The molecule has 1 rings (SSSR count). The van der Waals surface area contributed by atoms with E-state index in [4.69, 9.17) is 0 Å². The molecule has 1 amide bonds. The molecule has 0 saturated heterocycles. The van der Waals surface area contributed by atoms with Crippen molar-refractivity contribution in [3.8, 4) is 0 Å². The Morgan fingerprint density at radius 1 is 1.29 bits per heavy atom. The van der Waals surface area contributed by atoms with E-state index in [2.05, 4.69) is 4.72 Å². The minimum absolute atomic E-state index is 0.0324. The molecule has 0 aliphatic heterocycles. The molecule has 0 aliphatic carbocycles. The van der Waals surface area contributed by atoms with Gasteiger partial charge >= 0.3 is 0 Å². The first-order chi connectivity index (χ1) is 7.96. The molecule has 0 saturated carbocycles. The van der Waals surface area contributed by atoms with Gasteiger partial charge < -0.3 is 4.90 Å². The van der Waals surface area contributed by atoms with Gasteiger partial charge in [0.25, 0.3) is 0 Å². The van der Waals surface area contributed by atoms with Gasteiger partial charge in [-0.3, -0.25) is 4.79 Å². The maximum atomic E-state index is 11.7. The van der Waals surface area contributed by atoms with Crippen molar-refractivity contribution in [2.24, 2.45) is 0 Å². The fraction of sp³-hybridized carbons (Fsp3) is 0.364. The van der Waals surface area contributed by atoms with Gasteiger partial charge in [-0.2, -0.15) is 0 Å². The van der Waals surface area contributed by atoms with Crippen LogP contribution in [0.3, 0.4) is 0 Å². The summed E-state index contributed by atoms with van der Waals surface area (Å²) in [6, 6.07) is 9.05. The van der Waals surface area contributed by atoms with Crippen LogP contribution in [0.4, 0.5) is 5.69 Å². The standard InChI is InChI=1S/C11H16N2O3S/c1-3-17(15,16)12-9-11(14)13(2)10-7-5-4-6-8-10/h4-8,12H,3,9H2,1-2H3. The SMILES string of the molecule is CCS(=O)(=O)NCC(=O)N(C)c1ccccc1. The highest BCUT2D eigenvalue weighted by Crippen LogP contribution is 2.10. The van der Waals surface area contributed by atoms with E-state index >= 15 is 0 Å². The van der Waals surface area contributed by atoms with Crippen LogP contribution in [0, 0.1) is 0 Å².